The molecule has 17 heavy (non-hydrogen) atoms. The van der Waals surface area contributed by atoms with E-state index < -0.39 is 0 Å². The number of alkyl halides is 1. The number of rotatable bonds is 3. The topological polar surface area (TPSA) is 29.1 Å². The maximum Gasteiger partial charge on any atom is 0.242 e. The standard InChI is InChI=1S/C14H12BrNO/c15-13(11-7-3-1-4-8-11)14(17)16-12-9-5-2-6-10-12/h1-10,13H,(H,16,17)/t13-/m1/s1. The number of hydrogen-bond acceptors (Lipinski definition) is 1. The van der Waals surface area contributed by atoms with E-state index in [-0.39, 0.29) is 10.7 Å². The highest BCUT2D eigenvalue weighted by Gasteiger charge is 2.16. The minimum Gasteiger partial charge on any atom is -0.325 e. The summed E-state index contributed by atoms with van der Waals surface area (Å²) < 4.78 is 0. The van der Waals surface area contributed by atoms with Crippen LogP contribution in [0.3, 0.4) is 0 Å². The zero-order valence-electron chi connectivity index (χ0n) is 9.14. The van der Waals surface area contributed by atoms with Gasteiger partial charge in [0.2, 0.25) is 5.91 Å². The summed E-state index contributed by atoms with van der Waals surface area (Å²) in [5.74, 6) is -0.0672. The lowest BCUT2D eigenvalue weighted by atomic mass is 10.1. The molecule has 2 aromatic rings. The fourth-order valence-electron chi connectivity index (χ4n) is 1.50. The number of nitrogens with one attached hydrogen (secondary N) is 1. The highest BCUT2D eigenvalue weighted by Crippen LogP contribution is 2.24. The largest absolute Gasteiger partial charge is 0.325 e. The first kappa shape index (κ1) is 11.9. The predicted octanol–water partition coefficient (Wildman–Crippen LogP) is 3.76. The van der Waals surface area contributed by atoms with E-state index in [0.29, 0.717) is 0 Å². The lowest BCUT2D eigenvalue weighted by Crippen LogP contribution is -2.16. The molecule has 1 atom stereocenters. The number of benzene rings is 2. The van der Waals surface area contributed by atoms with Gasteiger partial charge in [0.05, 0.1) is 0 Å². The SMILES string of the molecule is O=C(Nc1ccccc1)[C@H](Br)c1ccccc1. The first-order chi connectivity index (χ1) is 8.27. The molecule has 0 bridgehead atoms. The van der Waals surface area contributed by atoms with Crippen molar-refractivity contribution in [1.82, 2.24) is 0 Å². The van der Waals surface area contributed by atoms with Crippen LogP contribution in [0, 0.1) is 0 Å². The molecule has 2 nitrogen and oxygen atoms in total. The van der Waals surface area contributed by atoms with Crippen molar-refractivity contribution in [1.29, 1.82) is 0 Å². The molecule has 0 saturated heterocycles. The van der Waals surface area contributed by atoms with Crippen molar-refractivity contribution in [2.24, 2.45) is 0 Å². The van der Waals surface area contributed by atoms with Gasteiger partial charge in [0.25, 0.3) is 0 Å². The van der Waals surface area contributed by atoms with Crippen LogP contribution in [-0.4, -0.2) is 5.91 Å². The molecule has 0 spiro atoms. The maximum atomic E-state index is 12.0. The summed E-state index contributed by atoms with van der Waals surface area (Å²) in [6.45, 7) is 0. The molecule has 0 aliphatic rings. The first-order valence-corrected chi connectivity index (χ1v) is 6.24. The summed E-state index contributed by atoms with van der Waals surface area (Å²) in [6, 6.07) is 19.0. The highest BCUT2D eigenvalue weighted by atomic mass is 79.9. The van der Waals surface area contributed by atoms with E-state index in [1.165, 1.54) is 0 Å². The molecule has 0 heterocycles. The van der Waals surface area contributed by atoms with Gasteiger partial charge in [-0.2, -0.15) is 0 Å². The Bertz CT molecular complexity index is 484. The third-order valence-electron chi connectivity index (χ3n) is 2.36. The Morgan fingerprint density at radius 2 is 1.47 bits per heavy atom. The van der Waals surface area contributed by atoms with Gasteiger partial charge in [-0.3, -0.25) is 4.79 Å². The molecule has 86 valence electrons. The number of hydrogen-bond donors (Lipinski definition) is 1. The summed E-state index contributed by atoms with van der Waals surface area (Å²) in [7, 11) is 0. The summed E-state index contributed by atoms with van der Waals surface area (Å²) in [5.41, 5.74) is 1.75. The minimum atomic E-state index is -0.330. The van der Waals surface area contributed by atoms with E-state index in [4.69, 9.17) is 0 Å². The predicted molar refractivity (Wildman–Crippen MR) is 73.2 cm³/mol. The van der Waals surface area contributed by atoms with Gasteiger partial charge in [-0.25, -0.2) is 0 Å². The number of carbonyl (C=O) groups excluding carboxylic acids is 1. The smallest absolute Gasteiger partial charge is 0.242 e. The van der Waals surface area contributed by atoms with Crippen LogP contribution >= 0.6 is 15.9 Å². The fraction of sp³-hybridized carbons (Fsp3) is 0.0714. The lowest BCUT2D eigenvalue weighted by Gasteiger charge is -2.10. The van der Waals surface area contributed by atoms with Crippen molar-refractivity contribution in [3.63, 3.8) is 0 Å². The average molecular weight is 290 g/mol. The molecule has 0 aliphatic carbocycles. The van der Waals surface area contributed by atoms with Gasteiger partial charge < -0.3 is 5.32 Å². The monoisotopic (exact) mass is 289 g/mol. The van der Waals surface area contributed by atoms with Crippen molar-refractivity contribution in [2.75, 3.05) is 5.32 Å². The Morgan fingerprint density at radius 1 is 0.941 bits per heavy atom. The first-order valence-electron chi connectivity index (χ1n) is 5.32. The quantitative estimate of drug-likeness (QED) is 0.857. The Morgan fingerprint density at radius 3 is 2.06 bits per heavy atom. The number of anilines is 1. The van der Waals surface area contributed by atoms with Crippen molar-refractivity contribution in [2.45, 2.75) is 4.83 Å². The third kappa shape index (κ3) is 3.17. The normalized spacial score (nSPS) is 11.8. The van der Waals surface area contributed by atoms with Crippen molar-refractivity contribution in [3.05, 3.63) is 66.2 Å². The molecule has 2 rings (SSSR count). The van der Waals surface area contributed by atoms with Crippen LogP contribution in [0.2, 0.25) is 0 Å². The Hall–Kier alpha value is -1.61. The van der Waals surface area contributed by atoms with Gasteiger partial charge in [-0.15, -0.1) is 0 Å². The number of para-hydroxylation sites is 1. The van der Waals surface area contributed by atoms with Crippen molar-refractivity contribution >= 4 is 27.5 Å². The summed E-state index contributed by atoms with van der Waals surface area (Å²) in [5, 5.41) is 2.85. The highest BCUT2D eigenvalue weighted by molar-refractivity contribution is 9.09. The second kappa shape index (κ2) is 5.64. The van der Waals surface area contributed by atoms with Crippen LogP contribution in [0.5, 0.6) is 0 Å². The summed E-state index contributed by atoms with van der Waals surface area (Å²) >= 11 is 3.40. The molecule has 0 radical (unpaired) electrons. The lowest BCUT2D eigenvalue weighted by molar-refractivity contribution is -0.115. The van der Waals surface area contributed by atoms with Gasteiger partial charge in [0.15, 0.2) is 0 Å². The van der Waals surface area contributed by atoms with Gasteiger partial charge in [-0.1, -0.05) is 64.5 Å². The van der Waals surface area contributed by atoms with Gasteiger partial charge in [-0.05, 0) is 17.7 Å². The van der Waals surface area contributed by atoms with E-state index in [1.807, 2.05) is 60.7 Å². The molecular formula is C14H12BrNO. The molecule has 0 unspecified atom stereocenters. The van der Waals surface area contributed by atoms with Crippen LogP contribution in [-0.2, 0) is 4.79 Å². The third-order valence-corrected chi connectivity index (χ3v) is 3.31. The van der Waals surface area contributed by atoms with Crippen molar-refractivity contribution < 1.29 is 4.79 Å². The number of halogens is 1. The fourth-order valence-corrected chi connectivity index (χ4v) is 1.92. The summed E-state index contributed by atoms with van der Waals surface area (Å²) in [6.07, 6.45) is 0. The van der Waals surface area contributed by atoms with E-state index in [0.717, 1.165) is 11.3 Å². The molecule has 3 heteroatoms. The zero-order valence-corrected chi connectivity index (χ0v) is 10.7. The molecule has 2 aromatic carbocycles. The van der Waals surface area contributed by atoms with Crippen LogP contribution < -0.4 is 5.32 Å². The zero-order chi connectivity index (χ0) is 12.1. The van der Waals surface area contributed by atoms with E-state index >= 15 is 0 Å². The molecule has 0 fully saturated rings. The van der Waals surface area contributed by atoms with Crippen LogP contribution in [0.15, 0.2) is 60.7 Å². The molecule has 1 amide bonds. The van der Waals surface area contributed by atoms with E-state index in [1.54, 1.807) is 0 Å². The molecule has 0 aromatic heterocycles. The van der Waals surface area contributed by atoms with Gasteiger partial charge in [0, 0.05) is 5.69 Å². The van der Waals surface area contributed by atoms with Gasteiger partial charge >= 0.3 is 0 Å². The average Bonchev–Trinajstić information content (AvgIpc) is 2.40. The molecule has 1 N–H and O–H groups in total. The molecule has 0 saturated carbocycles. The number of amides is 1. The van der Waals surface area contributed by atoms with E-state index in [2.05, 4.69) is 21.2 Å². The van der Waals surface area contributed by atoms with Gasteiger partial charge in [0.1, 0.15) is 4.83 Å². The van der Waals surface area contributed by atoms with Crippen LogP contribution in [0.4, 0.5) is 5.69 Å². The molecule has 0 aliphatic heterocycles. The number of carbonyl (C=O) groups is 1. The Kier molecular flexibility index (Phi) is 3.94. The Balaban J connectivity index is 2.06. The second-order valence-electron chi connectivity index (χ2n) is 3.63. The molecular weight excluding hydrogens is 278 g/mol. The second-order valence-corrected chi connectivity index (χ2v) is 4.54. The minimum absolute atomic E-state index is 0.0672. The van der Waals surface area contributed by atoms with Crippen LogP contribution in [0.1, 0.15) is 10.4 Å². The van der Waals surface area contributed by atoms with Crippen LogP contribution in [0.25, 0.3) is 0 Å². The van der Waals surface area contributed by atoms with E-state index in [9.17, 15) is 4.79 Å². The maximum absolute atomic E-state index is 12.0. The Labute approximate surface area is 109 Å². The van der Waals surface area contributed by atoms with Crippen molar-refractivity contribution in [3.8, 4) is 0 Å². The summed E-state index contributed by atoms with van der Waals surface area (Å²) in [4.78, 5) is 11.6.